The zero-order chi connectivity index (χ0) is 27.4. The van der Waals surface area contributed by atoms with Gasteiger partial charge in [0, 0.05) is 23.0 Å². The molecule has 38 heavy (non-hydrogen) atoms. The molecule has 0 saturated heterocycles. The predicted octanol–water partition coefficient (Wildman–Crippen LogP) is 5.30. The molecule has 9 nitrogen and oxygen atoms in total. The van der Waals surface area contributed by atoms with Crippen molar-refractivity contribution in [3.8, 4) is 5.75 Å². The third kappa shape index (κ3) is 5.36. The van der Waals surface area contributed by atoms with Gasteiger partial charge in [-0.1, -0.05) is 66.2 Å². The Morgan fingerprint density at radius 1 is 0.974 bits per heavy atom. The average Bonchev–Trinajstić information content (AvgIpc) is 2.91. The lowest BCUT2D eigenvalue weighted by atomic mass is 9.64. The van der Waals surface area contributed by atoms with E-state index in [0.717, 1.165) is 11.1 Å². The van der Waals surface area contributed by atoms with Crippen molar-refractivity contribution in [1.29, 1.82) is 0 Å². The lowest BCUT2D eigenvalue weighted by Gasteiger charge is -2.36. The lowest BCUT2D eigenvalue weighted by Crippen LogP contribution is -2.48. The summed E-state index contributed by atoms with van der Waals surface area (Å²) in [5, 5.41) is 24.5. The number of benzene rings is 3. The summed E-state index contributed by atoms with van der Waals surface area (Å²) in [5.74, 6) is -4.25. The number of nitro groups is 2. The predicted molar refractivity (Wildman–Crippen MR) is 141 cm³/mol. The van der Waals surface area contributed by atoms with Gasteiger partial charge in [0.05, 0.1) is 29.8 Å². The molecular weight excluding hydrogens is 488 g/mol. The number of carbonyl (C=O) groups is 2. The molecule has 1 unspecified atom stereocenters. The van der Waals surface area contributed by atoms with Crippen LogP contribution in [0.5, 0.6) is 5.75 Å². The largest absolute Gasteiger partial charge is 0.497 e. The number of methoxy groups -OCH3 is 1. The van der Waals surface area contributed by atoms with Gasteiger partial charge in [0.15, 0.2) is 5.78 Å². The van der Waals surface area contributed by atoms with E-state index in [-0.39, 0.29) is 17.7 Å². The molecule has 0 aromatic heterocycles. The Morgan fingerprint density at radius 2 is 1.63 bits per heavy atom. The Hall–Kier alpha value is -4.66. The summed E-state index contributed by atoms with van der Waals surface area (Å²) in [6.45, 7) is 1.92. The first-order chi connectivity index (χ1) is 18.2. The zero-order valence-corrected chi connectivity index (χ0v) is 20.9. The van der Waals surface area contributed by atoms with E-state index in [1.54, 1.807) is 42.5 Å². The highest BCUT2D eigenvalue weighted by Crippen LogP contribution is 2.47. The van der Waals surface area contributed by atoms with Gasteiger partial charge in [-0.2, -0.15) is 0 Å². The van der Waals surface area contributed by atoms with Gasteiger partial charge in [0.25, 0.3) is 5.69 Å². The molecule has 3 aromatic carbocycles. The highest BCUT2D eigenvalue weighted by molar-refractivity contribution is 6.10. The number of rotatable bonds is 8. The number of Topliss-reactive ketones (excluding diaryl/α,β-unsaturated/α-hetero) is 1. The maximum atomic E-state index is 13.6. The number of aryl methyl sites for hydroxylation is 1. The van der Waals surface area contributed by atoms with Crippen LogP contribution >= 0.6 is 0 Å². The van der Waals surface area contributed by atoms with Crippen LogP contribution < -0.4 is 4.74 Å². The van der Waals surface area contributed by atoms with E-state index in [9.17, 15) is 29.8 Å². The second kappa shape index (κ2) is 11.2. The summed E-state index contributed by atoms with van der Waals surface area (Å²) < 4.78 is 5.17. The van der Waals surface area contributed by atoms with Crippen molar-refractivity contribution in [3.63, 3.8) is 0 Å². The van der Waals surface area contributed by atoms with Crippen LogP contribution in [-0.2, 0) is 9.59 Å². The average molecular weight is 515 g/mol. The first kappa shape index (κ1) is 26.4. The molecule has 0 spiro atoms. The highest BCUT2D eigenvalue weighted by Gasteiger charge is 2.55. The minimum absolute atomic E-state index is 0.00662. The molecule has 4 rings (SSSR count). The van der Waals surface area contributed by atoms with Gasteiger partial charge in [-0.05, 0) is 36.3 Å². The number of nitro benzene ring substituents is 1. The highest BCUT2D eigenvalue weighted by atomic mass is 16.6. The molecule has 1 fully saturated rings. The summed E-state index contributed by atoms with van der Waals surface area (Å²) >= 11 is 0. The van der Waals surface area contributed by atoms with Crippen molar-refractivity contribution in [2.75, 3.05) is 7.11 Å². The number of hydrogen-bond acceptors (Lipinski definition) is 7. The molecule has 9 heteroatoms. The monoisotopic (exact) mass is 514 g/mol. The van der Waals surface area contributed by atoms with Crippen LogP contribution in [-0.4, -0.2) is 34.6 Å². The van der Waals surface area contributed by atoms with E-state index in [4.69, 9.17) is 4.74 Å². The summed E-state index contributed by atoms with van der Waals surface area (Å²) in [6.07, 6.45) is 2.53. The normalized spacial score (nSPS) is 21.3. The minimum Gasteiger partial charge on any atom is -0.497 e. The third-order valence-electron chi connectivity index (χ3n) is 7.01. The number of ether oxygens (including phenoxy) is 1. The fourth-order valence-corrected chi connectivity index (χ4v) is 5.15. The minimum atomic E-state index is -1.45. The second-order valence-corrected chi connectivity index (χ2v) is 9.29. The number of hydrogen-bond donors (Lipinski definition) is 0. The molecule has 0 bridgehead atoms. The topological polar surface area (TPSA) is 130 Å². The molecule has 0 amide bonds. The van der Waals surface area contributed by atoms with Gasteiger partial charge in [-0.15, -0.1) is 0 Å². The quantitative estimate of drug-likeness (QED) is 0.173. The molecule has 194 valence electrons. The van der Waals surface area contributed by atoms with E-state index < -0.39 is 45.2 Å². The Balaban J connectivity index is 1.83. The maximum Gasteiger partial charge on any atom is 0.273 e. The molecule has 0 aliphatic heterocycles. The van der Waals surface area contributed by atoms with Crippen molar-refractivity contribution < 1.29 is 24.2 Å². The fraction of sp³-hybridized carbons (Fsp3) is 0.241. The van der Waals surface area contributed by atoms with Crippen molar-refractivity contribution in [2.45, 2.75) is 31.2 Å². The van der Waals surface area contributed by atoms with Crippen LogP contribution in [0.1, 0.15) is 40.5 Å². The van der Waals surface area contributed by atoms with E-state index in [1.165, 1.54) is 37.5 Å². The SMILES string of the molecule is COc1ccc([C@H]2CC(=O)C(C(=O)/C=C/c3ccc(C)cc3)[C@H](c3ccccc3[N+](=O)[O-])[C@H]2[N+](=O)[O-])cc1. The van der Waals surface area contributed by atoms with Crippen molar-refractivity contribution in [1.82, 2.24) is 0 Å². The third-order valence-corrected chi connectivity index (χ3v) is 7.01. The van der Waals surface area contributed by atoms with Crippen molar-refractivity contribution in [2.24, 2.45) is 5.92 Å². The van der Waals surface area contributed by atoms with E-state index >= 15 is 0 Å². The number of nitrogens with zero attached hydrogens (tertiary/aromatic N) is 2. The van der Waals surface area contributed by atoms with Gasteiger partial charge in [0.1, 0.15) is 11.5 Å². The molecule has 1 aliphatic rings. The van der Waals surface area contributed by atoms with E-state index in [1.807, 2.05) is 19.1 Å². The molecule has 1 aliphatic carbocycles. The van der Waals surface area contributed by atoms with Crippen LogP contribution in [0.25, 0.3) is 6.08 Å². The summed E-state index contributed by atoms with van der Waals surface area (Å²) in [5.41, 5.74) is 1.90. The van der Waals surface area contributed by atoms with Gasteiger partial charge >= 0.3 is 0 Å². The summed E-state index contributed by atoms with van der Waals surface area (Å²) in [6, 6.07) is 18.1. The molecule has 1 saturated carbocycles. The Morgan fingerprint density at radius 3 is 2.24 bits per heavy atom. The Kier molecular flexibility index (Phi) is 7.76. The molecule has 0 radical (unpaired) electrons. The molecule has 0 heterocycles. The lowest BCUT2D eigenvalue weighted by molar-refractivity contribution is -0.533. The van der Waals surface area contributed by atoms with E-state index in [0.29, 0.717) is 11.3 Å². The first-order valence-electron chi connectivity index (χ1n) is 12.0. The van der Waals surface area contributed by atoms with Gasteiger partial charge in [-0.3, -0.25) is 29.8 Å². The van der Waals surface area contributed by atoms with E-state index in [2.05, 4.69) is 0 Å². The number of carbonyl (C=O) groups excluding carboxylic acids is 2. The first-order valence-corrected chi connectivity index (χ1v) is 12.0. The zero-order valence-electron chi connectivity index (χ0n) is 20.9. The fourth-order valence-electron chi connectivity index (χ4n) is 5.15. The summed E-state index contributed by atoms with van der Waals surface area (Å²) in [7, 11) is 1.49. The molecule has 3 aromatic rings. The van der Waals surface area contributed by atoms with Crippen LogP contribution in [0.3, 0.4) is 0 Å². The molecule has 4 atom stereocenters. The van der Waals surface area contributed by atoms with Crippen LogP contribution in [0, 0.1) is 33.1 Å². The second-order valence-electron chi connectivity index (χ2n) is 9.29. The maximum absolute atomic E-state index is 13.6. The summed E-state index contributed by atoms with van der Waals surface area (Å²) in [4.78, 5) is 50.4. The van der Waals surface area contributed by atoms with Gasteiger partial charge < -0.3 is 4.74 Å². The van der Waals surface area contributed by atoms with Crippen molar-refractivity contribution >= 4 is 23.3 Å². The number of para-hydroxylation sites is 1. The van der Waals surface area contributed by atoms with Crippen LogP contribution in [0.2, 0.25) is 0 Å². The Bertz CT molecular complexity index is 1400. The molecular formula is C29H26N2O7. The van der Waals surface area contributed by atoms with Crippen molar-refractivity contribution in [3.05, 3.63) is 121 Å². The number of ketones is 2. The van der Waals surface area contributed by atoms with Gasteiger partial charge in [0.2, 0.25) is 6.04 Å². The smallest absolute Gasteiger partial charge is 0.273 e. The van der Waals surface area contributed by atoms with Crippen LogP contribution in [0.15, 0.2) is 78.9 Å². The van der Waals surface area contributed by atoms with Crippen LogP contribution in [0.4, 0.5) is 5.69 Å². The Labute approximate surface area is 219 Å². The molecule has 0 N–H and O–H groups in total. The van der Waals surface area contributed by atoms with Gasteiger partial charge in [-0.25, -0.2) is 0 Å². The number of allylic oxidation sites excluding steroid dienone is 1. The standard InChI is InChI=1S/C29H26N2O7/c1-18-7-9-19(10-8-18)11-16-25(32)28-26(33)17-23(20-12-14-21(38-2)15-13-20)29(31(36)37)27(28)22-5-3-4-6-24(22)30(34)35/h3-16,23,27-29H,17H2,1-2H3/b16-11+/t23-,27+,28?,29+/m1/s1.